The summed E-state index contributed by atoms with van der Waals surface area (Å²) in [5.41, 5.74) is 4.56. The van der Waals surface area contributed by atoms with Crippen LogP contribution in [0.1, 0.15) is 16.7 Å². The van der Waals surface area contributed by atoms with Gasteiger partial charge in [0, 0.05) is 10.0 Å². The molecule has 0 radical (unpaired) electrons. The minimum absolute atomic E-state index is 0.161. The number of hydrogen-bond donors (Lipinski definition) is 0. The maximum absolute atomic E-state index is 13.5. The second-order valence-corrected chi connectivity index (χ2v) is 10.3. The van der Waals surface area contributed by atoms with Gasteiger partial charge in [-0.2, -0.15) is 0 Å². The number of thioether (sulfide) groups is 1. The first-order valence-corrected chi connectivity index (χ1v) is 13.1. The lowest BCUT2D eigenvalue weighted by atomic mass is 10.1. The smallest absolute Gasteiger partial charge is 0.271 e. The molecule has 0 atom stereocenters. The lowest BCUT2D eigenvalue weighted by Crippen LogP contribution is -2.28. The molecular weight excluding hydrogens is 523 g/mol. The fourth-order valence-corrected chi connectivity index (χ4v) is 4.94. The second kappa shape index (κ2) is 11.3. The van der Waals surface area contributed by atoms with Gasteiger partial charge in [-0.1, -0.05) is 65.2 Å². The van der Waals surface area contributed by atoms with Crippen LogP contribution in [0.15, 0.2) is 107 Å². The molecule has 1 fully saturated rings. The third-order valence-corrected chi connectivity index (χ3v) is 7.10. The largest absolute Gasteiger partial charge is 0.489 e. The first-order valence-electron chi connectivity index (χ1n) is 11.6. The van der Waals surface area contributed by atoms with Crippen molar-refractivity contribution >= 4 is 63.5 Å². The number of amidine groups is 1. The molecule has 4 nitrogen and oxygen atoms in total. The van der Waals surface area contributed by atoms with Crippen molar-refractivity contribution in [3.8, 4) is 5.75 Å². The van der Waals surface area contributed by atoms with E-state index in [0.717, 1.165) is 16.9 Å². The van der Waals surface area contributed by atoms with Crippen LogP contribution in [-0.2, 0) is 11.4 Å². The molecule has 0 bridgehead atoms. The molecule has 4 aromatic carbocycles. The molecule has 1 saturated heterocycles. The van der Waals surface area contributed by atoms with Gasteiger partial charge in [-0.25, -0.2) is 4.99 Å². The van der Waals surface area contributed by atoms with Crippen molar-refractivity contribution in [3.05, 3.63) is 129 Å². The second-order valence-electron chi connectivity index (χ2n) is 8.45. The van der Waals surface area contributed by atoms with Crippen LogP contribution in [0.2, 0.25) is 10.0 Å². The molecule has 0 saturated carbocycles. The summed E-state index contributed by atoms with van der Waals surface area (Å²) in [6.45, 7) is 2.53. The summed E-state index contributed by atoms with van der Waals surface area (Å²) in [5.74, 6) is 0.570. The number of nitrogens with zero attached hydrogens (tertiary/aromatic N) is 2. The van der Waals surface area contributed by atoms with Gasteiger partial charge in [-0.3, -0.25) is 9.69 Å². The Bertz CT molecular complexity index is 1480. The van der Waals surface area contributed by atoms with Crippen molar-refractivity contribution in [2.24, 2.45) is 4.99 Å². The SMILES string of the molecule is Cc1ccc(COc2cccc(/C=C3\SC(=Nc4ccc(Cl)cc4)N(c4ccc(Cl)cc4)C3=O)c2)cc1. The molecule has 0 unspecified atom stereocenters. The number of amides is 1. The number of hydrogen-bond acceptors (Lipinski definition) is 4. The van der Waals surface area contributed by atoms with E-state index in [1.165, 1.54) is 17.3 Å². The van der Waals surface area contributed by atoms with Crippen LogP contribution < -0.4 is 9.64 Å². The van der Waals surface area contributed by atoms with Crippen molar-refractivity contribution in [1.29, 1.82) is 0 Å². The lowest BCUT2D eigenvalue weighted by Gasteiger charge is -2.15. The van der Waals surface area contributed by atoms with Gasteiger partial charge < -0.3 is 4.74 Å². The van der Waals surface area contributed by atoms with Gasteiger partial charge in [0.15, 0.2) is 5.17 Å². The maximum atomic E-state index is 13.5. The molecule has 0 aromatic heterocycles. The summed E-state index contributed by atoms with van der Waals surface area (Å²) >= 11 is 13.4. The van der Waals surface area contributed by atoms with E-state index in [2.05, 4.69) is 31.2 Å². The predicted octanol–water partition coefficient (Wildman–Crippen LogP) is 8.69. The van der Waals surface area contributed by atoms with Crippen LogP contribution in [0.3, 0.4) is 0 Å². The Kier molecular flexibility index (Phi) is 7.65. The molecule has 184 valence electrons. The molecule has 1 aliphatic rings. The molecule has 37 heavy (non-hydrogen) atoms. The number of rotatable bonds is 6. The quantitative estimate of drug-likeness (QED) is 0.228. The van der Waals surface area contributed by atoms with Gasteiger partial charge in [0.05, 0.1) is 16.3 Å². The zero-order valence-electron chi connectivity index (χ0n) is 19.9. The van der Waals surface area contributed by atoms with E-state index in [0.29, 0.717) is 38.1 Å². The number of ether oxygens (including phenoxy) is 1. The first-order chi connectivity index (χ1) is 17.9. The monoisotopic (exact) mass is 544 g/mol. The Morgan fingerprint density at radius 2 is 1.57 bits per heavy atom. The van der Waals surface area contributed by atoms with Crippen LogP contribution in [0, 0.1) is 6.92 Å². The number of aliphatic imine (C=N–C) groups is 1. The van der Waals surface area contributed by atoms with Crippen LogP contribution in [0.4, 0.5) is 11.4 Å². The molecule has 5 rings (SSSR count). The van der Waals surface area contributed by atoms with Crippen molar-refractivity contribution in [1.82, 2.24) is 0 Å². The summed E-state index contributed by atoms with van der Waals surface area (Å²) in [5, 5.41) is 1.77. The highest BCUT2D eigenvalue weighted by atomic mass is 35.5. The molecule has 0 spiro atoms. The topological polar surface area (TPSA) is 41.9 Å². The van der Waals surface area contributed by atoms with Crippen LogP contribution >= 0.6 is 35.0 Å². The molecular formula is C30H22Cl2N2O2S. The predicted molar refractivity (Wildman–Crippen MR) is 155 cm³/mol. The Morgan fingerprint density at radius 1 is 0.892 bits per heavy atom. The van der Waals surface area contributed by atoms with E-state index in [9.17, 15) is 4.79 Å². The fraction of sp³-hybridized carbons (Fsp3) is 0.0667. The third kappa shape index (κ3) is 6.25. The number of aryl methyl sites for hydroxylation is 1. The summed E-state index contributed by atoms with van der Waals surface area (Å²) in [4.78, 5) is 20.4. The van der Waals surface area contributed by atoms with Crippen LogP contribution in [-0.4, -0.2) is 11.1 Å². The van der Waals surface area contributed by atoms with Crippen molar-refractivity contribution < 1.29 is 9.53 Å². The standard InChI is InChI=1S/C30H22Cl2N2O2S/c1-20-5-7-21(8-6-20)19-36-27-4-2-3-22(17-27)18-28-29(35)34(26-15-11-24(32)12-16-26)30(37-28)33-25-13-9-23(31)10-14-25/h2-18H,19H2,1H3/b28-18-,33-30?. The van der Waals surface area contributed by atoms with Gasteiger partial charge in [0.2, 0.25) is 0 Å². The molecule has 0 aliphatic carbocycles. The Balaban J connectivity index is 1.42. The molecule has 1 amide bonds. The van der Waals surface area contributed by atoms with Gasteiger partial charge in [-0.15, -0.1) is 0 Å². The minimum Gasteiger partial charge on any atom is -0.489 e. The van der Waals surface area contributed by atoms with Crippen LogP contribution in [0.5, 0.6) is 5.75 Å². The van der Waals surface area contributed by atoms with E-state index in [4.69, 9.17) is 32.9 Å². The molecule has 1 aliphatic heterocycles. The van der Waals surface area contributed by atoms with E-state index in [-0.39, 0.29) is 5.91 Å². The minimum atomic E-state index is -0.161. The molecule has 7 heteroatoms. The fourth-order valence-electron chi connectivity index (χ4n) is 3.69. The highest BCUT2D eigenvalue weighted by Crippen LogP contribution is 2.38. The van der Waals surface area contributed by atoms with Crippen LogP contribution in [0.25, 0.3) is 6.08 Å². The summed E-state index contributed by atoms with van der Waals surface area (Å²) in [6, 6.07) is 30.2. The lowest BCUT2D eigenvalue weighted by molar-refractivity contribution is -0.113. The Labute approximate surface area is 230 Å². The Morgan fingerprint density at radius 3 is 2.27 bits per heavy atom. The number of benzene rings is 4. The average molecular weight is 545 g/mol. The van der Waals surface area contributed by atoms with E-state index < -0.39 is 0 Å². The van der Waals surface area contributed by atoms with Gasteiger partial charge >= 0.3 is 0 Å². The highest BCUT2D eigenvalue weighted by molar-refractivity contribution is 8.19. The number of carbonyl (C=O) groups is 1. The van der Waals surface area contributed by atoms with E-state index in [1.807, 2.05) is 42.5 Å². The Hall–Kier alpha value is -3.51. The highest BCUT2D eigenvalue weighted by Gasteiger charge is 2.34. The zero-order valence-corrected chi connectivity index (χ0v) is 22.2. The number of halogens is 2. The van der Waals surface area contributed by atoms with E-state index in [1.54, 1.807) is 41.3 Å². The maximum Gasteiger partial charge on any atom is 0.271 e. The van der Waals surface area contributed by atoms with Gasteiger partial charge in [0.1, 0.15) is 12.4 Å². The van der Waals surface area contributed by atoms with Gasteiger partial charge in [-0.05, 0) is 96.6 Å². The summed E-state index contributed by atoms with van der Waals surface area (Å²) in [7, 11) is 0. The van der Waals surface area contributed by atoms with E-state index >= 15 is 0 Å². The third-order valence-electron chi connectivity index (χ3n) is 5.62. The molecule has 1 heterocycles. The summed E-state index contributed by atoms with van der Waals surface area (Å²) < 4.78 is 6.00. The molecule has 4 aromatic rings. The van der Waals surface area contributed by atoms with Gasteiger partial charge in [0.25, 0.3) is 5.91 Å². The number of carbonyl (C=O) groups excluding carboxylic acids is 1. The van der Waals surface area contributed by atoms with Crippen molar-refractivity contribution in [3.63, 3.8) is 0 Å². The number of anilines is 1. The van der Waals surface area contributed by atoms with Crippen molar-refractivity contribution in [2.45, 2.75) is 13.5 Å². The van der Waals surface area contributed by atoms with Crippen molar-refractivity contribution in [2.75, 3.05) is 4.90 Å². The normalized spacial score (nSPS) is 15.5. The summed E-state index contributed by atoms with van der Waals surface area (Å²) in [6.07, 6.45) is 1.86. The average Bonchev–Trinajstić information content (AvgIpc) is 3.20. The first kappa shape index (κ1) is 25.2. The zero-order chi connectivity index (χ0) is 25.8. The molecule has 0 N–H and O–H groups in total.